The van der Waals surface area contributed by atoms with Crippen LogP contribution in [-0.4, -0.2) is 58.9 Å². The lowest BCUT2D eigenvalue weighted by molar-refractivity contribution is -0.134. The van der Waals surface area contributed by atoms with E-state index in [1.807, 2.05) is 37.1 Å². The van der Waals surface area contributed by atoms with Gasteiger partial charge in [0.05, 0.1) is 11.4 Å². The largest absolute Gasteiger partial charge is 0.343 e. The van der Waals surface area contributed by atoms with Gasteiger partial charge in [-0.3, -0.25) is 19.1 Å². The molecule has 2 aliphatic rings. The van der Waals surface area contributed by atoms with Crippen LogP contribution >= 0.6 is 0 Å². The minimum Gasteiger partial charge on any atom is -0.343 e. The first-order chi connectivity index (χ1) is 14.0. The maximum absolute atomic E-state index is 13.0. The lowest BCUT2D eigenvalue weighted by atomic mass is 9.79. The lowest BCUT2D eigenvalue weighted by Gasteiger charge is -2.40. The Labute approximate surface area is 168 Å². The van der Waals surface area contributed by atoms with Gasteiger partial charge in [0, 0.05) is 45.1 Å². The molecular formula is C23H29N3O2. The standard InChI is InChI=1S/C23H29N3O2/c1-5-21(27)26-14-15-12-20-18(17-9-8-10-19(26)22(15)17)11-16(13-24(20)4)23(28)25(6-2)7-3/h8-11,14,16,20H,5-7,12-13H2,1-4H3/t16-,20-/m1/s1/i1D. The van der Waals surface area contributed by atoms with Crippen molar-refractivity contribution in [3.05, 3.63) is 41.6 Å². The predicted octanol–water partition coefficient (Wildman–Crippen LogP) is 3.43. The molecule has 4 rings (SSSR count). The van der Waals surface area contributed by atoms with Crippen LogP contribution in [0, 0.1) is 5.92 Å². The number of carbonyl (C=O) groups excluding carboxylic acids is 2. The Hall–Kier alpha value is -2.40. The van der Waals surface area contributed by atoms with Gasteiger partial charge in [0.2, 0.25) is 11.8 Å². The van der Waals surface area contributed by atoms with Crippen molar-refractivity contribution < 1.29 is 11.0 Å². The number of benzene rings is 1. The molecule has 0 radical (unpaired) electrons. The molecule has 1 aromatic carbocycles. The number of fused-ring (bicyclic) bond motifs is 2. The number of nitrogens with zero attached hydrogens (tertiary/aromatic N) is 3. The van der Waals surface area contributed by atoms with Crippen LogP contribution in [0.15, 0.2) is 30.5 Å². The minimum absolute atomic E-state index is 0.0322. The second-order valence-corrected chi connectivity index (χ2v) is 7.77. The van der Waals surface area contributed by atoms with Crippen LogP contribution in [-0.2, 0) is 11.2 Å². The summed E-state index contributed by atoms with van der Waals surface area (Å²) in [7, 11) is 2.09. The van der Waals surface area contributed by atoms with Gasteiger partial charge in [0.25, 0.3) is 0 Å². The SMILES string of the molecule is [2H]CCC(=O)n1cc2c3c(cccc31)C1=C[C@@H](C(=O)N(CC)CC)CN(C)[C@@H]1C2. The van der Waals surface area contributed by atoms with Crippen molar-refractivity contribution in [1.82, 2.24) is 14.4 Å². The lowest BCUT2D eigenvalue weighted by Crippen LogP contribution is -2.47. The summed E-state index contributed by atoms with van der Waals surface area (Å²) in [5, 5.41) is 1.12. The van der Waals surface area contributed by atoms with Gasteiger partial charge in [0.15, 0.2) is 0 Å². The fourth-order valence-electron chi connectivity index (χ4n) is 4.81. The number of aromatic nitrogens is 1. The van der Waals surface area contributed by atoms with E-state index in [9.17, 15) is 9.59 Å². The fraction of sp³-hybridized carbons (Fsp3) is 0.478. The first-order valence-corrected chi connectivity index (χ1v) is 10.2. The second-order valence-electron chi connectivity index (χ2n) is 7.77. The van der Waals surface area contributed by atoms with Crippen molar-refractivity contribution in [3.63, 3.8) is 0 Å². The zero-order valence-electron chi connectivity index (χ0n) is 17.9. The van der Waals surface area contributed by atoms with E-state index < -0.39 is 0 Å². The Morgan fingerprint density at radius 3 is 2.79 bits per heavy atom. The zero-order valence-corrected chi connectivity index (χ0v) is 16.9. The first kappa shape index (κ1) is 17.7. The summed E-state index contributed by atoms with van der Waals surface area (Å²) in [6.07, 6.45) is 5.19. The molecule has 1 aliphatic heterocycles. The minimum atomic E-state index is -0.144. The summed E-state index contributed by atoms with van der Waals surface area (Å²) >= 11 is 0. The van der Waals surface area contributed by atoms with Crippen molar-refractivity contribution in [2.75, 3.05) is 26.7 Å². The Bertz CT molecular complexity index is 989. The molecule has 2 aromatic rings. The molecular weight excluding hydrogens is 350 g/mol. The smallest absolute Gasteiger partial charge is 0.230 e. The van der Waals surface area contributed by atoms with Gasteiger partial charge in [-0.1, -0.05) is 25.1 Å². The van der Waals surface area contributed by atoms with Gasteiger partial charge < -0.3 is 4.90 Å². The summed E-state index contributed by atoms with van der Waals surface area (Å²) in [6, 6.07) is 6.30. The van der Waals surface area contributed by atoms with Crippen molar-refractivity contribution in [2.24, 2.45) is 5.92 Å². The molecule has 0 unspecified atom stereocenters. The molecule has 0 fully saturated rings. The highest BCUT2D eigenvalue weighted by Gasteiger charge is 2.37. The Balaban J connectivity index is 1.81. The first-order valence-electron chi connectivity index (χ1n) is 10.9. The van der Waals surface area contributed by atoms with Crippen LogP contribution in [0.3, 0.4) is 0 Å². The summed E-state index contributed by atoms with van der Waals surface area (Å²) in [5.41, 5.74) is 4.43. The van der Waals surface area contributed by atoms with Crippen LogP contribution in [0.2, 0.25) is 0 Å². The molecule has 2 heterocycles. The third-order valence-corrected chi connectivity index (χ3v) is 6.26. The number of carbonyl (C=O) groups is 2. The maximum Gasteiger partial charge on any atom is 0.230 e. The predicted molar refractivity (Wildman–Crippen MR) is 112 cm³/mol. The van der Waals surface area contributed by atoms with Crippen LogP contribution < -0.4 is 0 Å². The van der Waals surface area contributed by atoms with Crippen LogP contribution in [0.4, 0.5) is 0 Å². The Morgan fingerprint density at radius 1 is 1.29 bits per heavy atom. The van der Waals surface area contributed by atoms with Crippen LogP contribution in [0.25, 0.3) is 16.5 Å². The van der Waals surface area contributed by atoms with Gasteiger partial charge in [-0.05, 0) is 50.1 Å². The average Bonchev–Trinajstić information content (AvgIpc) is 3.10. The van der Waals surface area contributed by atoms with E-state index >= 15 is 0 Å². The quantitative estimate of drug-likeness (QED) is 0.816. The van der Waals surface area contributed by atoms with E-state index in [4.69, 9.17) is 1.37 Å². The van der Waals surface area contributed by atoms with Crippen LogP contribution in [0.1, 0.15) is 44.5 Å². The molecule has 148 valence electrons. The topological polar surface area (TPSA) is 45.6 Å². The van der Waals surface area contributed by atoms with Crippen molar-refractivity contribution in [3.8, 4) is 0 Å². The molecule has 5 heteroatoms. The molecule has 1 aromatic heterocycles. The third-order valence-electron chi connectivity index (χ3n) is 6.26. The van der Waals surface area contributed by atoms with Gasteiger partial charge in [0.1, 0.15) is 0 Å². The zero-order chi connectivity index (χ0) is 20.7. The van der Waals surface area contributed by atoms with E-state index in [0.29, 0.717) is 6.54 Å². The number of hydrogen-bond acceptors (Lipinski definition) is 3. The van der Waals surface area contributed by atoms with Crippen molar-refractivity contribution in [1.29, 1.82) is 0 Å². The summed E-state index contributed by atoms with van der Waals surface area (Å²) in [5.74, 6) is 0.0131. The molecule has 5 nitrogen and oxygen atoms in total. The normalized spacial score (nSPS) is 21.8. The summed E-state index contributed by atoms with van der Waals surface area (Å²) < 4.78 is 9.12. The van der Waals surface area contributed by atoms with Gasteiger partial charge in [-0.25, -0.2) is 0 Å². The highest BCUT2D eigenvalue weighted by Crippen LogP contribution is 2.41. The van der Waals surface area contributed by atoms with E-state index in [2.05, 4.69) is 24.1 Å². The molecule has 0 saturated heterocycles. The molecule has 0 bridgehead atoms. The van der Waals surface area contributed by atoms with Gasteiger partial charge in [-0.15, -0.1) is 0 Å². The van der Waals surface area contributed by atoms with Crippen molar-refractivity contribution >= 4 is 28.3 Å². The Kier molecular flexibility index (Phi) is 4.55. The van der Waals surface area contributed by atoms with E-state index in [1.54, 1.807) is 4.57 Å². The fourth-order valence-corrected chi connectivity index (χ4v) is 4.81. The Morgan fingerprint density at radius 2 is 2.07 bits per heavy atom. The monoisotopic (exact) mass is 380 g/mol. The number of hydrogen-bond donors (Lipinski definition) is 0. The number of likely N-dealkylation sites (N-methyl/N-ethyl adjacent to an activating group) is 1. The number of amides is 1. The average molecular weight is 381 g/mol. The summed E-state index contributed by atoms with van der Waals surface area (Å²) in [6.45, 7) is 6.31. The molecule has 28 heavy (non-hydrogen) atoms. The summed E-state index contributed by atoms with van der Waals surface area (Å²) in [4.78, 5) is 29.8. The van der Waals surface area contributed by atoms with Gasteiger partial charge in [-0.2, -0.15) is 0 Å². The highest BCUT2D eigenvalue weighted by molar-refractivity contribution is 6.03. The molecule has 2 atom stereocenters. The molecule has 0 spiro atoms. The van der Waals surface area contributed by atoms with E-state index in [1.165, 1.54) is 11.1 Å². The van der Waals surface area contributed by atoms with Gasteiger partial charge >= 0.3 is 0 Å². The van der Waals surface area contributed by atoms with Crippen LogP contribution in [0.5, 0.6) is 0 Å². The second kappa shape index (κ2) is 7.21. The molecule has 1 aliphatic carbocycles. The highest BCUT2D eigenvalue weighted by atomic mass is 16.2. The maximum atomic E-state index is 13.0. The molecule has 0 N–H and O–H groups in total. The van der Waals surface area contributed by atoms with Crippen molar-refractivity contribution in [2.45, 2.75) is 39.6 Å². The number of rotatable bonds is 4. The van der Waals surface area contributed by atoms with E-state index in [-0.39, 0.29) is 37.1 Å². The third kappa shape index (κ3) is 2.80. The van der Waals surface area contributed by atoms with E-state index in [0.717, 1.165) is 36.0 Å². The molecule has 1 amide bonds. The molecule has 0 saturated carbocycles.